The molecule has 6 nitrogen and oxygen atoms in total. The van der Waals surface area contributed by atoms with Crippen molar-refractivity contribution in [2.75, 3.05) is 26.0 Å². The van der Waals surface area contributed by atoms with E-state index in [0.717, 1.165) is 41.2 Å². The molecule has 2 atom stereocenters. The van der Waals surface area contributed by atoms with Crippen molar-refractivity contribution < 1.29 is 14.4 Å². The first-order valence-corrected chi connectivity index (χ1v) is 10.5. The Labute approximate surface area is 177 Å². The molecule has 1 spiro atoms. The van der Waals surface area contributed by atoms with Gasteiger partial charge in [0.2, 0.25) is 5.60 Å². The van der Waals surface area contributed by atoms with E-state index >= 15 is 0 Å². The molecule has 1 fully saturated rings. The molecule has 0 aliphatic carbocycles. The van der Waals surface area contributed by atoms with Gasteiger partial charge >= 0.3 is 0 Å². The maximum absolute atomic E-state index is 13.5. The zero-order valence-corrected chi connectivity index (χ0v) is 18.1. The summed E-state index contributed by atoms with van der Waals surface area (Å²) in [5.74, 6) is 0.766. The molecule has 2 aromatic carbocycles. The van der Waals surface area contributed by atoms with Crippen molar-refractivity contribution in [3.63, 3.8) is 0 Å². The Morgan fingerprint density at radius 1 is 1.23 bits per heavy atom. The van der Waals surface area contributed by atoms with Gasteiger partial charge in [-0.25, -0.2) is 0 Å². The maximum atomic E-state index is 13.5. The van der Waals surface area contributed by atoms with Crippen molar-refractivity contribution >= 4 is 17.3 Å². The van der Waals surface area contributed by atoms with Crippen molar-refractivity contribution in [1.29, 1.82) is 0 Å². The summed E-state index contributed by atoms with van der Waals surface area (Å²) in [5, 5.41) is 7.44. The number of aryl methyl sites for hydroxylation is 1. The van der Waals surface area contributed by atoms with Crippen LogP contribution in [0.15, 0.2) is 47.6 Å². The lowest BCUT2D eigenvalue weighted by molar-refractivity contribution is -0.164. The molecular weight excluding hydrogens is 378 g/mol. The van der Waals surface area contributed by atoms with E-state index < -0.39 is 5.60 Å². The molecule has 1 amide bonds. The lowest BCUT2D eigenvalue weighted by Gasteiger charge is -2.40. The molecular formula is C24H29N3O3. The van der Waals surface area contributed by atoms with Crippen molar-refractivity contribution in [3.05, 3.63) is 59.2 Å². The lowest BCUT2D eigenvalue weighted by atomic mass is 9.84. The fourth-order valence-corrected chi connectivity index (χ4v) is 4.36. The summed E-state index contributed by atoms with van der Waals surface area (Å²) in [4.78, 5) is 21.3. The van der Waals surface area contributed by atoms with E-state index in [1.165, 1.54) is 5.56 Å². The minimum absolute atomic E-state index is 0.00192. The molecule has 2 aliphatic heterocycles. The predicted molar refractivity (Wildman–Crippen MR) is 118 cm³/mol. The van der Waals surface area contributed by atoms with Crippen molar-refractivity contribution in [2.24, 2.45) is 5.16 Å². The number of carbonyl (C=O) groups excluding carboxylic acids is 1. The van der Waals surface area contributed by atoms with Gasteiger partial charge in [-0.3, -0.25) is 4.79 Å². The molecule has 2 unspecified atom stereocenters. The number of anilines is 1. The lowest BCUT2D eigenvalue weighted by Crippen LogP contribution is -2.54. The van der Waals surface area contributed by atoms with E-state index in [1.54, 1.807) is 7.11 Å². The molecule has 2 heterocycles. The van der Waals surface area contributed by atoms with E-state index in [1.807, 2.05) is 30.1 Å². The van der Waals surface area contributed by atoms with Gasteiger partial charge < -0.3 is 19.8 Å². The Morgan fingerprint density at radius 3 is 2.70 bits per heavy atom. The summed E-state index contributed by atoms with van der Waals surface area (Å²) in [5.41, 5.74) is 4.05. The molecule has 4 rings (SSSR count). The van der Waals surface area contributed by atoms with Gasteiger partial charge in [-0.1, -0.05) is 41.1 Å². The van der Waals surface area contributed by atoms with Crippen LogP contribution in [0, 0.1) is 6.92 Å². The number of rotatable bonds is 5. The quantitative estimate of drug-likeness (QED) is 0.803. The molecule has 30 heavy (non-hydrogen) atoms. The largest absolute Gasteiger partial charge is 0.495 e. The van der Waals surface area contributed by atoms with Crippen LogP contribution >= 0.6 is 0 Å². The fourth-order valence-electron chi connectivity index (χ4n) is 4.36. The number of oxime groups is 1. The highest BCUT2D eigenvalue weighted by Gasteiger charge is 2.51. The summed E-state index contributed by atoms with van der Waals surface area (Å²) >= 11 is 0. The van der Waals surface area contributed by atoms with Crippen molar-refractivity contribution in [1.82, 2.24) is 4.90 Å². The molecule has 2 aliphatic rings. The average Bonchev–Trinajstić information content (AvgIpc) is 3.20. The normalized spacial score (nSPS) is 21.9. The smallest absolute Gasteiger partial charge is 0.270 e. The number of methoxy groups -OCH3 is 1. The Bertz CT molecular complexity index is 970. The molecule has 0 aromatic heterocycles. The number of nitrogens with one attached hydrogen (secondary N) is 1. The Hall–Kier alpha value is -3.02. The fraction of sp³-hybridized carbons (Fsp3) is 0.417. The topological polar surface area (TPSA) is 63.2 Å². The molecule has 0 saturated carbocycles. The van der Waals surface area contributed by atoms with Gasteiger partial charge in [-0.15, -0.1) is 0 Å². The molecule has 2 aromatic rings. The first-order chi connectivity index (χ1) is 14.5. The van der Waals surface area contributed by atoms with E-state index in [2.05, 4.69) is 48.6 Å². The average molecular weight is 408 g/mol. The Kier molecular flexibility index (Phi) is 5.41. The number of hydrogen-bond acceptors (Lipinski definition) is 5. The van der Waals surface area contributed by atoms with E-state index in [4.69, 9.17) is 9.57 Å². The molecule has 1 N–H and O–H groups in total. The third-order valence-electron chi connectivity index (χ3n) is 6.25. The molecule has 0 bridgehead atoms. The summed E-state index contributed by atoms with van der Waals surface area (Å²) in [6, 6.07) is 14.2. The minimum atomic E-state index is -0.901. The number of piperidine rings is 1. The van der Waals surface area contributed by atoms with Crippen LogP contribution in [0.5, 0.6) is 5.75 Å². The van der Waals surface area contributed by atoms with Crippen LogP contribution in [0.3, 0.4) is 0 Å². The molecule has 1 saturated heterocycles. The highest BCUT2D eigenvalue weighted by molar-refractivity contribution is 6.06. The Balaban J connectivity index is 1.54. The number of amides is 1. The summed E-state index contributed by atoms with van der Waals surface area (Å²) < 4.78 is 5.47. The minimum Gasteiger partial charge on any atom is -0.495 e. The van der Waals surface area contributed by atoms with Gasteiger partial charge in [-0.05, 0) is 38.0 Å². The second kappa shape index (κ2) is 8.01. The van der Waals surface area contributed by atoms with Crippen LogP contribution in [0.25, 0.3) is 0 Å². The second-order valence-corrected chi connectivity index (χ2v) is 8.15. The first-order valence-electron chi connectivity index (χ1n) is 10.5. The van der Waals surface area contributed by atoms with Gasteiger partial charge in [0, 0.05) is 32.0 Å². The molecule has 6 heteroatoms. The third kappa shape index (κ3) is 3.51. The van der Waals surface area contributed by atoms with Crippen LogP contribution in [-0.2, 0) is 9.63 Å². The van der Waals surface area contributed by atoms with E-state index in [0.29, 0.717) is 12.8 Å². The highest BCUT2D eigenvalue weighted by Crippen LogP contribution is 2.39. The molecule has 158 valence electrons. The van der Waals surface area contributed by atoms with Crippen LogP contribution < -0.4 is 10.1 Å². The molecule has 0 radical (unpaired) electrons. The zero-order chi connectivity index (χ0) is 21.3. The van der Waals surface area contributed by atoms with Gasteiger partial charge in [0.25, 0.3) is 5.91 Å². The number of nitrogens with zero attached hydrogens (tertiary/aromatic N) is 2. The number of carbonyl (C=O) groups is 1. The van der Waals surface area contributed by atoms with Gasteiger partial charge in [0.1, 0.15) is 5.75 Å². The summed E-state index contributed by atoms with van der Waals surface area (Å²) in [7, 11) is 3.50. The van der Waals surface area contributed by atoms with Gasteiger partial charge in [-0.2, -0.15) is 0 Å². The van der Waals surface area contributed by atoms with Crippen LogP contribution in [0.4, 0.5) is 5.69 Å². The zero-order valence-electron chi connectivity index (χ0n) is 18.1. The van der Waals surface area contributed by atoms with Crippen LogP contribution in [0.1, 0.15) is 48.9 Å². The number of likely N-dealkylation sites (tertiary alicyclic amines) is 1. The number of benzene rings is 2. The third-order valence-corrected chi connectivity index (χ3v) is 6.25. The van der Waals surface area contributed by atoms with E-state index in [9.17, 15) is 4.79 Å². The van der Waals surface area contributed by atoms with Crippen molar-refractivity contribution in [3.8, 4) is 5.75 Å². The Morgan fingerprint density at radius 2 is 2.00 bits per heavy atom. The summed E-state index contributed by atoms with van der Waals surface area (Å²) in [6.45, 7) is 4.89. The summed E-state index contributed by atoms with van der Waals surface area (Å²) in [6.07, 6.45) is 2.06. The van der Waals surface area contributed by atoms with Crippen LogP contribution in [0.2, 0.25) is 0 Å². The van der Waals surface area contributed by atoms with Gasteiger partial charge in [0.05, 0.1) is 24.6 Å². The highest BCUT2D eigenvalue weighted by atomic mass is 16.7. The predicted octanol–water partition coefficient (Wildman–Crippen LogP) is 4.29. The number of ether oxygens (including phenoxy) is 1. The standard InChI is InChI=1S/C24H29N3O3/c1-16-6-8-18(9-7-16)17(2)27-13-5-12-24(23(27)28)15-21(26-30-24)19-10-11-20(25-3)22(14-19)29-4/h6-11,14,17,25H,5,12-13,15H2,1-4H3. The second-order valence-electron chi connectivity index (χ2n) is 8.15. The van der Waals surface area contributed by atoms with Gasteiger partial charge in [0.15, 0.2) is 0 Å². The van der Waals surface area contributed by atoms with Crippen molar-refractivity contribution in [2.45, 2.75) is 44.8 Å². The number of hydrogen-bond donors (Lipinski definition) is 1. The SMILES string of the molecule is CNc1ccc(C2=NOC3(CCCN(C(C)c4ccc(C)cc4)C3=O)C2)cc1OC. The van der Waals surface area contributed by atoms with E-state index in [-0.39, 0.29) is 11.9 Å². The van der Waals surface area contributed by atoms with Crippen LogP contribution in [-0.4, -0.2) is 42.8 Å². The first kappa shape index (κ1) is 20.3. The monoisotopic (exact) mass is 407 g/mol. The maximum Gasteiger partial charge on any atom is 0.270 e.